The highest BCUT2D eigenvalue weighted by Crippen LogP contribution is 2.31. The Morgan fingerprint density at radius 3 is 2.40 bits per heavy atom. The lowest BCUT2D eigenvalue weighted by atomic mass is 10.2. The number of carbonyl (C=O) groups excluding carboxylic acids is 3. The SMILES string of the molecule is CC(=O)NC[C@H]1CN(c2cc(F)c(N3CCON(C(=O)N4CCN(C)CC4)CC3)c(F)c2)C(=O)O1. The van der Waals surface area contributed by atoms with Crippen LogP contribution < -0.4 is 15.1 Å². The lowest BCUT2D eigenvalue weighted by Gasteiger charge is -2.35. The number of nitrogens with zero attached hydrogens (tertiary/aromatic N) is 5. The van der Waals surface area contributed by atoms with Crippen molar-refractivity contribution >= 4 is 29.4 Å². The Hall–Kier alpha value is -3.19. The molecule has 1 atom stereocenters. The second kappa shape index (κ2) is 10.6. The fraction of sp³-hybridized carbons (Fsp3) is 0.591. The molecule has 192 valence electrons. The molecule has 4 amide bonds. The Kier molecular flexibility index (Phi) is 7.55. The zero-order valence-corrected chi connectivity index (χ0v) is 19.8. The molecule has 3 aliphatic rings. The summed E-state index contributed by atoms with van der Waals surface area (Å²) in [6, 6.07) is 1.91. The first-order valence-electron chi connectivity index (χ1n) is 11.6. The first kappa shape index (κ1) is 24.9. The van der Waals surface area contributed by atoms with Gasteiger partial charge in [0.1, 0.15) is 11.8 Å². The minimum absolute atomic E-state index is 0.0250. The second-order valence-electron chi connectivity index (χ2n) is 8.81. The molecule has 3 fully saturated rings. The molecule has 0 bridgehead atoms. The van der Waals surface area contributed by atoms with Crippen LogP contribution in [0.5, 0.6) is 0 Å². The maximum atomic E-state index is 15.1. The van der Waals surface area contributed by atoms with Gasteiger partial charge >= 0.3 is 12.1 Å². The molecule has 0 spiro atoms. The Balaban J connectivity index is 1.41. The van der Waals surface area contributed by atoms with E-state index in [2.05, 4.69) is 10.2 Å². The maximum absolute atomic E-state index is 15.1. The molecule has 3 heterocycles. The van der Waals surface area contributed by atoms with Crippen LogP contribution in [0.15, 0.2) is 12.1 Å². The van der Waals surface area contributed by atoms with Gasteiger partial charge in [0.2, 0.25) is 5.91 Å². The van der Waals surface area contributed by atoms with E-state index >= 15 is 8.78 Å². The molecule has 0 aromatic heterocycles. The van der Waals surface area contributed by atoms with Crippen LogP contribution in [-0.2, 0) is 14.4 Å². The van der Waals surface area contributed by atoms with Gasteiger partial charge in [-0.3, -0.25) is 14.5 Å². The van der Waals surface area contributed by atoms with Crippen LogP contribution in [0, 0.1) is 11.6 Å². The molecular formula is C22H30F2N6O5. The Morgan fingerprint density at radius 2 is 1.74 bits per heavy atom. The summed E-state index contributed by atoms with van der Waals surface area (Å²) < 4.78 is 35.4. The van der Waals surface area contributed by atoms with E-state index in [4.69, 9.17) is 9.57 Å². The van der Waals surface area contributed by atoms with Crippen molar-refractivity contribution in [1.29, 1.82) is 0 Å². The molecule has 35 heavy (non-hydrogen) atoms. The van der Waals surface area contributed by atoms with Crippen LogP contribution in [0.25, 0.3) is 0 Å². The normalized spacial score (nSPS) is 21.7. The van der Waals surface area contributed by atoms with E-state index in [-0.39, 0.29) is 62.6 Å². The zero-order chi connectivity index (χ0) is 25.1. The average Bonchev–Trinajstić information content (AvgIpc) is 3.02. The van der Waals surface area contributed by atoms with Gasteiger partial charge in [-0.1, -0.05) is 0 Å². The van der Waals surface area contributed by atoms with Gasteiger partial charge in [-0.15, -0.1) is 0 Å². The number of hydroxylamine groups is 2. The van der Waals surface area contributed by atoms with Gasteiger partial charge in [-0.2, -0.15) is 0 Å². The van der Waals surface area contributed by atoms with Gasteiger partial charge in [0.05, 0.1) is 31.9 Å². The maximum Gasteiger partial charge on any atom is 0.414 e. The Bertz CT molecular complexity index is 951. The van der Waals surface area contributed by atoms with Gasteiger partial charge in [0.15, 0.2) is 11.6 Å². The number of ether oxygens (including phenoxy) is 1. The van der Waals surface area contributed by atoms with Crippen LogP contribution in [0.1, 0.15) is 6.92 Å². The quantitative estimate of drug-likeness (QED) is 0.660. The van der Waals surface area contributed by atoms with Crippen LogP contribution in [0.2, 0.25) is 0 Å². The number of nitrogens with one attached hydrogen (secondary N) is 1. The first-order valence-corrected chi connectivity index (χ1v) is 11.6. The monoisotopic (exact) mass is 496 g/mol. The van der Waals surface area contributed by atoms with Crippen LogP contribution >= 0.6 is 0 Å². The van der Waals surface area contributed by atoms with Crippen molar-refractivity contribution in [3.05, 3.63) is 23.8 Å². The summed E-state index contributed by atoms with van der Waals surface area (Å²) in [6.07, 6.45) is -1.36. The molecule has 3 saturated heterocycles. The minimum Gasteiger partial charge on any atom is -0.442 e. The van der Waals surface area contributed by atoms with Crippen molar-refractivity contribution < 1.29 is 32.7 Å². The van der Waals surface area contributed by atoms with E-state index < -0.39 is 23.8 Å². The van der Waals surface area contributed by atoms with E-state index in [0.717, 1.165) is 30.1 Å². The summed E-state index contributed by atoms with van der Waals surface area (Å²) in [6.45, 7) is 4.83. The lowest BCUT2D eigenvalue weighted by Crippen LogP contribution is -2.52. The average molecular weight is 497 g/mol. The third-order valence-corrected chi connectivity index (χ3v) is 6.25. The zero-order valence-electron chi connectivity index (χ0n) is 19.8. The molecule has 3 aliphatic heterocycles. The summed E-state index contributed by atoms with van der Waals surface area (Å²) in [5.74, 6) is -1.94. The molecule has 13 heteroatoms. The smallest absolute Gasteiger partial charge is 0.414 e. The number of rotatable bonds is 4. The van der Waals surface area contributed by atoms with E-state index in [0.29, 0.717) is 13.1 Å². The number of cyclic esters (lactones) is 1. The molecule has 1 N–H and O–H groups in total. The minimum atomic E-state index is -0.836. The highest BCUT2D eigenvalue weighted by molar-refractivity contribution is 5.90. The number of carbonyl (C=O) groups is 3. The molecular weight excluding hydrogens is 466 g/mol. The topological polar surface area (TPSA) is 97.9 Å². The standard InChI is InChI=1S/C22H30F2N6O5/c1-15(31)25-13-17-14-29(22(33)35-17)16-11-18(23)20(19(24)12-16)27-7-8-30(34-10-9-27)21(32)28-5-3-26(2)4-6-28/h11-12,17H,3-10,13-14H2,1-2H3,(H,25,31)/t17-/m0/s1. The molecule has 11 nitrogen and oxygen atoms in total. The van der Waals surface area contributed by atoms with Gasteiger partial charge in [-0.25, -0.2) is 23.4 Å². The molecule has 0 aliphatic carbocycles. The Labute approximate surface area is 202 Å². The van der Waals surface area contributed by atoms with Gasteiger partial charge in [-0.05, 0) is 7.05 Å². The van der Waals surface area contributed by atoms with E-state index in [9.17, 15) is 14.4 Å². The van der Waals surface area contributed by atoms with Crippen molar-refractivity contribution in [2.75, 3.05) is 82.4 Å². The molecule has 0 saturated carbocycles. The number of likely N-dealkylation sites (N-methyl/N-ethyl adjacent to an activating group) is 1. The molecule has 0 radical (unpaired) electrons. The third-order valence-electron chi connectivity index (χ3n) is 6.25. The number of anilines is 2. The highest BCUT2D eigenvalue weighted by Gasteiger charge is 2.34. The highest BCUT2D eigenvalue weighted by atomic mass is 19.1. The fourth-order valence-corrected chi connectivity index (χ4v) is 4.29. The van der Waals surface area contributed by atoms with Crippen molar-refractivity contribution in [3.8, 4) is 0 Å². The van der Waals surface area contributed by atoms with Crippen molar-refractivity contribution in [2.24, 2.45) is 0 Å². The summed E-state index contributed by atoms with van der Waals surface area (Å²) in [5, 5.41) is 3.81. The number of piperazine rings is 1. The van der Waals surface area contributed by atoms with Crippen LogP contribution in [0.4, 0.5) is 29.7 Å². The fourth-order valence-electron chi connectivity index (χ4n) is 4.29. The van der Waals surface area contributed by atoms with Crippen LogP contribution in [-0.4, -0.2) is 112 Å². The summed E-state index contributed by atoms with van der Waals surface area (Å²) >= 11 is 0. The largest absolute Gasteiger partial charge is 0.442 e. The van der Waals surface area contributed by atoms with Crippen molar-refractivity contribution in [1.82, 2.24) is 20.2 Å². The van der Waals surface area contributed by atoms with Crippen molar-refractivity contribution in [2.45, 2.75) is 13.0 Å². The molecule has 1 aromatic rings. The van der Waals surface area contributed by atoms with E-state index in [1.165, 1.54) is 16.9 Å². The van der Waals surface area contributed by atoms with Crippen molar-refractivity contribution in [3.63, 3.8) is 0 Å². The summed E-state index contributed by atoms with van der Waals surface area (Å²) in [5.41, 5.74) is -0.217. The molecule has 4 rings (SSSR count). The number of amides is 4. The summed E-state index contributed by atoms with van der Waals surface area (Å²) in [4.78, 5) is 48.1. The number of benzene rings is 1. The molecule has 1 aromatic carbocycles. The number of hydrogen-bond acceptors (Lipinski definition) is 7. The number of halogens is 2. The predicted octanol–water partition coefficient (Wildman–Crippen LogP) is 0.847. The lowest BCUT2D eigenvalue weighted by molar-refractivity contribution is -0.119. The second-order valence-corrected chi connectivity index (χ2v) is 8.81. The van der Waals surface area contributed by atoms with E-state index in [1.807, 2.05) is 7.05 Å². The van der Waals surface area contributed by atoms with Crippen LogP contribution in [0.3, 0.4) is 0 Å². The number of urea groups is 1. The molecule has 0 unspecified atom stereocenters. The van der Waals surface area contributed by atoms with E-state index in [1.54, 1.807) is 4.90 Å². The first-order chi connectivity index (χ1) is 16.7. The Morgan fingerprint density at radius 1 is 1.06 bits per heavy atom. The third kappa shape index (κ3) is 5.73. The predicted molar refractivity (Wildman–Crippen MR) is 122 cm³/mol. The summed E-state index contributed by atoms with van der Waals surface area (Å²) in [7, 11) is 1.99. The van der Waals surface area contributed by atoms with Gasteiger partial charge < -0.3 is 24.8 Å². The number of hydrogen-bond donors (Lipinski definition) is 1. The van der Waals surface area contributed by atoms with Gasteiger partial charge in [0.25, 0.3) is 0 Å². The van der Waals surface area contributed by atoms with Gasteiger partial charge in [0, 0.05) is 58.3 Å².